The second-order valence-electron chi connectivity index (χ2n) is 3.88. The Morgan fingerprint density at radius 1 is 1.61 bits per heavy atom. The average molecular weight is 348 g/mol. The number of thiophene rings is 1. The fraction of sp³-hybridized carbons (Fsp3) is 0.333. The number of ketones is 1. The molecule has 0 amide bonds. The first-order valence-corrected chi connectivity index (χ1v) is 7.56. The zero-order valence-corrected chi connectivity index (χ0v) is 13.2. The number of carbonyl (C=O) groups excluding carboxylic acids is 1. The van der Waals surface area contributed by atoms with E-state index in [1.165, 1.54) is 11.3 Å². The number of aryl methyl sites for hydroxylation is 2. The van der Waals surface area contributed by atoms with E-state index in [1.54, 1.807) is 10.7 Å². The van der Waals surface area contributed by atoms with Crippen LogP contribution >= 0.6 is 38.9 Å². The summed E-state index contributed by atoms with van der Waals surface area (Å²) in [6.45, 7) is 2.04. The van der Waals surface area contributed by atoms with Crippen molar-refractivity contribution in [2.45, 2.75) is 19.8 Å². The Morgan fingerprint density at radius 3 is 2.83 bits per heavy atom. The minimum atomic E-state index is 0.0290. The topological polar surface area (TPSA) is 34.9 Å². The van der Waals surface area contributed by atoms with Crippen LogP contribution in [0.5, 0.6) is 0 Å². The molecule has 0 spiro atoms. The zero-order chi connectivity index (χ0) is 13.3. The van der Waals surface area contributed by atoms with Crippen LogP contribution in [-0.4, -0.2) is 15.6 Å². The molecule has 0 aromatic carbocycles. The van der Waals surface area contributed by atoms with Gasteiger partial charge in [-0.3, -0.25) is 9.48 Å². The third-order valence-electron chi connectivity index (χ3n) is 2.70. The Hall–Kier alpha value is -0.650. The third kappa shape index (κ3) is 2.53. The molecule has 18 heavy (non-hydrogen) atoms. The standard InChI is InChI=1S/C12H12BrClN2OS/c1-3-8-11(13)9(16(2)15-8)6-10(17)12-7(14)4-5-18-12/h4-5H,3,6H2,1-2H3. The van der Waals surface area contributed by atoms with E-state index in [1.807, 2.05) is 19.4 Å². The Bertz CT molecular complexity index is 591. The lowest BCUT2D eigenvalue weighted by Gasteiger charge is -2.01. The largest absolute Gasteiger partial charge is 0.293 e. The summed E-state index contributed by atoms with van der Waals surface area (Å²) in [5.74, 6) is 0.0290. The van der Waals surface area contributed by atoms with Crippen molar-refractivity contribution in [1.29, 1.82) is 0 Å². The van der Waals surface area contributed by atoms with Crippen LogP contribution in [0.2, 0.25) is 5.02 Å². The van der Waals surface area contributed by atoms with Crippen molar-refractivity contribution in [2.24, 2.45) is 7.05 Å². The van der Waals surface area contributed by atoms with E-state index in [0.29, 0.717) is 16.3 Å². The molecule has 0 saturated heterocycles. The number of nitrogens with zero attached hydrogens (tertiary/aromatic N) is 2. The molecule has 0 bridgehead atoms. The number of hydrogen-bond acceptors (Lipinski definition) is 3. The Balaban J connectivity index is 2.27. The van der Waals surface area contributed by atoms with Gasteiger partial charge in [0.05, 0.1) is 32.2 Å². The first kappa shape index (κ1) is 13.8. The van der Waals surface area contributed by atoms with Crippen molar-refractivity contribution in [2.75, 3.05) is 0 Å². The number of rotatable bonds is 4. The van der Waals surface area contributed by atoms with E-state index in [2.05, 4.69) is 21.0 Å². The van der Waals surface area contributed by atoms with E-state index in [4.69, 9.17) is 11.6 Å². The van der Waals surface area contributed by atoms with Crippen molar-refractivity contribution >= 4 is 44.7 Å². The van der Waals surface area contributed by atoms with E-state index in [-0.39, 0.29) is 5.78 Å². The monoisotopic (exact) mass is 346 g/mol. The van der Waals surface area contributed by atoms with Crippen molar-refractivity contribution in [3.63, 3.8) is 0 Å². The molecule has 2 aromatic rings. The minimum Gasteiger partial charge on any atom is -0.293 e. The molecule has 0 aliphatic rings. The molecule has 0 atom stereocenters. The number of hydrogen-bond donors (Lipinski definition) is 0. The van der Waals surface area contributed by atoms with Gasteiger partial charge in [0.1, 0.15) is 0 Å². The quantitative estimate of drug-likeness (QED) is 0.787. The van der Waals surface area contributed by atoms with Gasteiger partial charge in [-0.05, 0) is 33.8 Å². The fourth-order valence-electron chi connectivity index (χ4n) is 1.74. The van der Waals surface area contributed by atoms with E-state index < -0.39 is 0 Å². The van der Waals surface area contributed by atoms with Gasteiger partial charge >= 0.3 is 0 Å². The number of Topliss-reactive ketones (excluding diaryl/α,β-unsaturated/α-hetero) is 1. The van der Waals surface area contributed by atoms with Crippen LogP contribution in [-0.2, 0) is 19.9 Å². The predicted octanol–water partition coefficient (Wildman–Crippen LogP) is 3.89. The molecule has 2 heterocycles. The first-order valence-electron chi connectivity index (χ1n) is 5.51. The van der Waals surface area contributed by atoms with Gasteiger partial charge in [0.15, 0.2) is 5.78 Å². The highest BCUT2D eigenvalue weighted by atomic mass is 79.9. The zero-order valence-electron chi connectivity index (χ0n) is 10.0. The Labute approximate surface area is 123 Å². The number of carbonyl (C=O) groups is 1. The van der Waals surface area contributed by atoms with Crippen LogP contribution in [0.15, 0.2) is 15.9 Å². The maximum atomic E-state index is 12.2. The van der Waals surface area contributed by atoms with Gasteiger partial charge in [-0.25, -0.2) is 0 Å². The lowest BCUT2D eigenvalue weighted by Crippen LogP contribution is -2.07. The van der Waals surface area contributed by atoms with Gasteiger partial charge in [0.25, 0.3) is 0 Å². The minimum absolute atomic E-state index is 0.0290. The van der Waals surface area contributed by atoms with Crippen molar-refractivity contribution in [3.8, 4) is 0 Å². The SMILES string of the molecule is CCc1nn(C)c(CC(=O)c2sccc2Cl)c1Br. The first-order chi connectivity index (χ1) is 8.54. The highest BCUT2D eigenvalue weighted by molar-refractivity contribution is 9.10. The molecular formula is C12H12BrClN2OS. The fourth-order valence-corrected chi connectivity index (χ4v) is 3.59. The maximum absolute atomic E-state index is 12.2. The summed E-state index contributed by atoms with van der Waals surface area (Å²) < 4.78 is 2.68. The second kappa shape index (κ2) is 5.55. The van der Waals surface area contributed by atoms with Gasteiger partial charge in [-0.2, -0.15) is 5.10 Å². The molecule has 0 aliphatic heterocycles. The molecule has 0 saturated carbocycles. The molecule has 2 rings (SSSR count). The van der Waals surface area contributed by atoms with E-state index in [9.17, 15) is 4.79 Å². The van der Waals surface area contributed by atoms with Gasteiger partial charge < -0.3 is 0 Å². The normalized spacial score (nSPS) is 10.9. The smallest absolute Gasteiger partial charge is 0.180 e. The summed E-state index contributed by atoms with van der Waals surface area (Å²) >= 11 is 10.9. The summed E-state index contributed by atoms with van der Waals surface area (Å²) in [7, 11) is 1.85. The van der Waals surface area contributed by atoms with Gasteiger partial charge in [0.2, 0.25) is 0 Å². The Morgan fingerprint density at radius 2 is 2.33 bits per heavy atom. The maximum Gasteiger partial charge on any atom is 0.180 e. The molecule has 0 N–H and O–H groups in total. The average Bonchev–Trinajstić information content (AvgIpc) is 2.87. The number of halogens is 2. The molecule has 0 fully saturated rings. The van der Waals surface area contributed by atoms with Crippen molar-refractivity contribution in [1.82, 2.24) is 9.78 Å². The second-order valence-corrected chi connectivity index (χ2v) is 6.00. The molecule has 0 radical (unpaired) electrons. The van der Waals surface area contributed by atoms with Crippen LogP contribution in [0.4, 0.5) is 0 Å². The summed E-state index contributed by atoms with van der Waals surface area (Å²) in [6.07, 6.45) is 1.15. The molecule has 2 aromatic heterocycles. The summed E-state index contributed by atoms with van der Waals surface area (Å²) in [4.78, 5) is 12.8. The summed E-state index contributed by atoms with van der Waals surface area (Å²) in [5, 5.41) is 6.73. The lowest BCUT2D eigenvalue weighted by molar-refractivity contribution is 0.0994. The van der Waals surface area contributed by atoms with Crippen LogP contribution in [0.1, 0.15) is 28.0 Å². The summed E-state index contributed by atoms with van der Waals surface area (Å²) in [5.41, 5.74) is 1.86. The lowest BCUT2D eigenvalue weighted by atomic mass is 10.2. The van der Waals surface area contributed by atoms with E-state index in [0.717, 1.165) is 22.3 Å². The Kier molecular flexibility index (Phi) is 4.25. The molecular weight excluding hydrogens is 336 g/mol. The molecule has 3 nitrogen and oxygen atoms in total. The number of aromatic nitrogens is 2. The highest BCUT2D eigenvalue weighted by Crippen LogP contribution is 2.27. The van der Waals surface area contributed by atoms with Crippen LogP contribution in [0.25, 0.3) is 0 Å². The van der Waals surface area contributed by atoms with Crippen LogP contribution in [0, 0.1) is 0 Å². The van der Waals surface area contributed by atoms with Gasteiger partial charge in [-0.15, -0.1) is 11.3 Å². The van der Waals surface area contributed by atoms with E-state index >= 15 is 0 Å². The van der Waals surface area contributed by atoms with Gasteiger partial charge in [-0.1, -0.05) is 18.5 Å². The van der Waals surface area contributed by atoms with Crippen LogP contribution in [0.3, 0.4) is 0 Å². The summed E-state index contributed by atoms with van der Waals surface area (Å²) in [6, 6.07) is 1.75. The molecule has 6 heteroatoms. The van der Waals surface area contributed by atoms with Gasteiger partial charge in [0, 0.05) is 7.05 Å². The molecule has 0 unspecified atom stereocenters. The van der Waals surface area contributed by atoms with Crippen LogP contribution < -0.4 is 0 Å². The highest BCUT2D eigenvalue weighted by Gasteiger charge is 2.19. The molecule has 96 valence electrons. The predicted molar refractivity (Wildman–Crippen MR) is 77.6 cm³/mol. The molecule has 0 aliphatic carbocycles. The van der Waals surface area contributed by atoms with Crippen molar-refractivity contribution < 1.29 is 4.79 Å². The van der Waals surface area contributed by atoms with Crippen molar-refractivity contribution in [3.05, 3.63) is 37.2 Å². The third-order valence-corrected chi connectivity index (χ3v) is 5.00.